The molecule has 0 saturated carbocycles. The van der Waals surface area contributed by atoms with Crippen LogP contribution in [0.2, 0.25) is 0 Å². The van der Waals surface area contributed by atoms with E-state index in [0.29, 0.717) is 16.7 Å². The molecule has 0 fully saturated rings. The van der Waals surface area contributed by atoms with Crippen molar-refractivity contribution >= 4 is 17.0 Å². The Bertz CT molecular complexity index is 850. The number of aryl methyl sites for hydroxylation is 3. The first-order valence-corrected chi connectivity index (χ1v) is 6.06. The van der Waals surface area contributed by atoms with Gasteiger partial charge in [-0.25, -0.2) is 9.78 Å². The van der Waals surface area contributed by atoms with Crippen LogP contribution in [0.5, 0.6) is 11.8 Å². The van der Waals surface area contributed by atoms with Gasteiger partial charge < -0.3 is 9.84 Å². The summed E-state index contributed by atoms with van der Waals surface area (Å²) in [5.74, 6) is -0.997. The average molecular weight is 288 g/mol. The van der Waals surface area contributed by atoms with Crippen molar-refractivity contribution in [1.29, 1.82) is 0 Å². The lowest BCUT2D eigenvalue weighted by molar-refractivity contribution is 0.0694. The summed E-state index contributed by atoms with van der Waals surface area (Å²) in [5, 5.41) is 18.1. The van der Waals surface area contributed by atoms with Crippen LogP contribution in [-0.4, -0.2) is 40.6 Å². The molecular formula is C12H12N6O3. The third-order valence-corrected chi connectivity index (χ3v) is 2.98. The van der Waals surface area contributed by atoms with Crippen LogP contribution in [0.15, 0.2) is 12.5 Å². The molecule has 0 aromatic carbocycles. The zero-order chi connectivity index (χ0) is 15.1. The molecule has 0 saturated heterocycles. The van der Waals surface area contributed by atoms with Crippen LogP contribution in [-0.2, 0) is 14.1 Å². The summed E-state index contributed by atoms with van der Waals surface area (Å²) in [6.07, 6.45) is 2.70. The molecule has 1 N–H and O–H groups in total. The first kappa shape index (κ1) is 13.0. The molecule has 0 radical (unpaired) electrons. The summed E-state index contributed by atoms with van der Waals surface area (Å²) in [7, 11) is 3.42. The van der Waals surface area contributed by atoms with E-state index in [-0.39, 0.29) is 17.3 Å². The Kier molecular flexibility index (Phi) is 2.82. The van der Waals surface area contributed by atoms with Gasteiger partial charge >= 0.3 is 12.0 Å². The van der Waals surface area contributed by atoms with E-state index in [2.05, 4.69) is 20.2 Å². The highest BCUT2D eigenvalue weighted by atomic mass is 16.5. The number of hydrogen-bond acceptors (Lipinski definition) is 6. The zero-order valence-electron chi connectivity index (χ0n) is 11.6. The Morgan fingerprint density at radius 1 is 1.29 bits per heavy atom. The molecule has 3 aromatic rings. The highest BCUT2D eigenvalue weighted by Gasteiger charge is 2.22. The Labute approximate surface area is 118 Å². The number of hydrogen-bond donors (Lipinski definition) is 1. The van der Waals surface area contributed by atoms with Crippen molar-refractivity contribution < 1.29 is 14.6 Å². The van der Waals surface area contributed by atoms with Crippen molar-refractivity contribution in [3.63, 3.8) is 0 Å². The summed E-state index contributed by atoms with van der Waals surface area (Å²) >= 11 is 0. The Morgan fingerprint density at radius 2 is 2.05 bits per heavy atom. The van der Waals surface area contributed by atoms with Gasteiger partial charge in [-0.1, -0.05) is 0 Å². The minimum Gasteiger partial charge on any atom is -0.477 e. The number of carboxylic acids is 1. The molecule has 0 amide bonds. The maximum atomic E-state index is 11.4. The van der Waals surface area contributed by atoms with Crippen molar-refractivity contribution in [2.45, 2.75) is 6.92 Å². The number of carbonyl (C=O) groups is 1. The second-order valence-corrected chi connectivity index (χ2v) is 4.52. The van der Waals surface area contributed by atoms with Crippen LogP contribution >= 0.6 is 0 Å². The van der Waals surface area contributed by atoms with E-state index in [1.54, 1.807) is 25.7 Å². The number of carboxylic acid groups (broad SMARTS) is 1. The minimum absolute atomic E-state index is 0.0638. The van der Waals surface area contributed by atoms with Gasteiger partial charge in [0.2, 0.25) is 0 Å². The SMILES string of the molecule is Cc1nn(C)c2ncc(C(=O)O)c(Oc3ncn(C)n3)c12. The number of aromatic nitrogens is 6. The Balaban J connectivity index is 2.25. The maximum Gasteiger partial charge on any atom is 0.341 e. The smallest absolute Gasteiger partial charge is 0.341 e. The van der Waals surface area contributed by atoms with Crippen molar-refractivity contribution in [1.82, 2.24) is 29.5 Å². The summed E-state index contributed by atoms with van der Waals surface area (Å²) < 4.78 is 8.61. The fourth-order valence-electron chi connectivity index (χ4n) is 2.09. The molecule has 0 aliphatic carbocycles. The molecule has 3 rings (SSSR count). The fraction of sp³-hybridized carbons (Fsp3) is 0.250. The molecule has 0 unspecified atom stereocenters. The molecule has 9 nitrogen and oxygen atoms in total. The maximum absolute atomic E-state index is 11.4. The highest BCUT2D eigenvalue weighted by molar-refractivity contribution is 5.99. The van der Waals surface area contributed by atoms with Gasteiger partial charge in [-0.3, -0.25) is 9.36 Å². The number of nitrogens with zero attached hydrogens (tertiary/aromatic N) is 6. The zero-order valence-corrected chi connectivity index (χ0v) is 11.6. The van der Waals surface area contributed by atoms with Gasteiger partial charge in [0.05, 0.1) is 11.1 Å². The number of pyridine rings is 1. The molecule has 9 heteroatoms. The first-order valence-electron chi connectivity index (χ1n) is 6.06. The Morgan fingerprint density at radius 3 is 2.67 bits per heavy atom. The van der Waals surface area contributed by atoms with Crippen LogP contribution in [0.4, 0.5) is 0 Å². The molecule has 0 spiro atoms. The van der Waals surface area contributed by atoms with Gasteiger partial charge in [-0.2, -0.15) is 10.1 Å². The van der Waals surface area contributed by atoms with Gasteiger partial charge in [-0.15, -0.1) is 5.10 Å². The lowest BCUT2D eigenvalue weighted by Gasteiger charge is -2.07. The average Bonchev–Trinajstić information content (AvgIpc) is 2.94. The van der Waals surface area contributed by atoms with Crippen LogP contribution in [0, 0.1) is 6.92 Å². The third-order valence-electron chi connectivity index (χ3n) is 2.98. The quantitative estimate of drug-likeness (QED) is 0.762. The monoisotopic (exact) mass is 288 g/mol. The summed E-state index contributed by atoms with van der Waals surface area (Å²) in [4.78, 5) is 19.5. The van der Waals surface area contributed by atoms with E-state index in [1.165, 1.54) is 17.2 Å². The largest absolute Gasteiger partial charge is 0.477 e. The Hall–Kier alpha value is -2.97. The topological polar surface area (TPSA) is 108 Å². The molecule has 0 bridgehead atoms. The number of fused-ring (bicyclic) bond motifs is 1. The van der Waals surface area contributed by atoms with E-state index in [4.69, 9.17) is 4.74 Å². The van der Waals surface area contributed by atoms with Gasteiger partial charge in [0, 0.05) is 20.3 Å². The predicted molar refractivity (Wildman–Crippen MR) is 71.3 cm³/mol. The molecule has 0 aliphatic rings. The van der Waals surface area contributed by atoms with E-state index in [0.717, 1.165) is 0 Å². The first-order chi connectivity index (χ1) is 9.97. The molecule has 3 aromatic heterocycles. The molecule has 21 heavy (non-hydrogen) atoms. The molecular weight excluding hydrogens is 276 g/mol. The van der Waals surface area contributed by atoms with Crippen LogP contribution in [0.1, 0.15) is 16.1 Å². The summed E-state index contributed by atoms with van der Waals surface area (Å²) in [5.41, 5.74) is 1.09. The van der Waals surface area contributed by atoms with Gasteiger partial charge in [-0.05, 0) is 6.92 Å². The van der Waals surface area contributed by atoms with Gasteiger partial charge in [0.15, 0.2) is 11.4 Å². The number of ether oxygens (including phenoxy) is 1. The second kappa shape index (κ2) is 4.54. The van der Waals surface area contributed by atoms with Gasteiger partial charge in [0.25, 0.3) is 0 Å². The van der Waals surface area contributed by atoms with Gasteiger partial charge in [0.1, 0.15) is 11.9 Å². The van der Waals surface area contributed by atoms with E-state index >= 15 is 0 Å². The summed E-state index contributed by atoms with van der Waals surface area (Å²) in [6.45, 7) is 1.76. The normalized spacial score (nSPS) is 11.0. The minimum atomic E-state index is -1.14. The van der Waals surface area contributed by atoms with Crippen molar-refractivity contribution in [3.8, 4) is 11.8 Å². The van der Waals surface area contributed by atoms with Crippen LogP contribution in [0.25, 0.3) is 11.0 Å². The third kappa shape index (κ3) is 2.08. The standard InChI is InChI=1S/C12H12N6O3/c1-6-8-9(21-12-14-5-17(2)16-12)7(11(19)20)4-13-10(8)18(3)15-6/h4-5H,1-3H3,(H,19,20). The molecule has 108 valence electrons. The van der Waals surface area contributed by atoms with Crippen molar-refractivity contribution in [2.75, 3.05) is 0 Å². The predicted octanol–water partition coefficient (Wildman–Crippen LogP) is 0.896. The lowest BCUT2D eigenvalue weighted by Crippen LogP contribution is -2.03. The second-order valence-electron chi connectivity index (χ2n) is 4.52. The molecule has 0 aliphatic heterocycles. The van der Waals surface area contributed by atoms with Crippen molar-refractivity contribution in [2.24, 2.45) is 14.1 Å². The summed E-state index contributed by atoms with van der Waals surface area (Å²) in [6, 6.07) is 0.0655. The van der Waals surface area contributed by atoms with E-state index < -0.39 is 5.97 Å². The number of rotatable bonds is 3. The number of aromatic carboxylic acids is 1. The lowest BCUT2D eigenvalue weighted by atomic mass is 10.2. The van der Waals surface area contributed by atoms with Crippen molar-refractivity contribution in [3.05, 3.63) is 23.8 Å². The molecule has 3 heterocycles. The van der Waals surface area contributed by atoms with Crippen LogP contribution < -0.4 is 4.74 Å². The van der Waals surface area contributed by atoms with E-state index in [1.807, 2.05) is 0 Å². The molecule has 0 atom stereocenters. The van der Waals surface area contributed by atoms with E-state index in [9.17, 15) is 9.90 Å². The fourth-order valence-corrected chi connectivity index (χ4v) is 2.09. The van der Waals surface area contributed by atoms with Crippen LogP contribution in [0.3, 0.4) is 0 Å². The highest BCUT2D eigenvalue weighted by Crippen LogP contribution is 2.33.